The highest BCUT2D eigenvalue weighted by Gasteiger charge is 2.32. The molecule has 33 heavy (non-hydrogen) atoms. The first kappa shape index (κ1) is 28.1. The van der Waals surface area contributed by atoms with Crippen molar-refractivity contribution in [2.24, 2.45) is 0 Å². The van der Waals surface area contributed by atoms with Crippen LogP contribution in [0.4, 0.5) is 0 Å². The molecule has 184 valence electrons. The standard InChI is InChI=1S/C32H51P/c1-20-15-22(29(3,4)5)17-25(31(9,10)11)27(20)24(19-33)28-21(2)16-23(30(6,7)8)18-26(28)32(12,13)14/h15-18,24H,19,33H2,1-14H3. The van der Waals surface area contributed by atoms with Crippen LogP contribution < -0.4 is 0 Å². The molecule has 0 radical (unpaired) electrons. The molecule has 1 unspecified atom stereocenters. The summed E-state index contributed by atoms with van der Waals surface area (Å²) in [6.07, 6.45) is 1.03. The third-order valence-corrected chi connectivity index (χ3v) is 7.53. The van der Waals surface area contributed by atoms with Gasteiger partial charge in [-0.1, -0.05) is 107 Å². The van der Waals surface area contributed by atoms with E-state index in [0.29, 0.717) is 5.92 Å². The molecule has 0 aliphatic heterocycles. The Hall–Kier alpha value is -1.13. The van der Waals surface area contributed by atoms with Crippen LogP contribution in [0.2, 0.25) is 0 Å². The zero-order valence-corrected chi connectivity index (χ0v) is 25.3. The van der Waals surface area contributed by atoms with Crippen molar-refractivity contribution in [2.45, 2.75) is 125 Å². The molecule has 0 N–H and O–H groups in total. The molecule has 0 heterocycles. The van der Waals surface area contributed by atoms with Gasteiger partial charge in [-0.15, -0.1) is 9.24 Å². The van der Waals surface area contributed by atoms with Gasteiger partial charge in [-0.25, -0.2) is 0 Å². The molecule has 0 amide bonds. The Morgan fingerprint density at radius 2 is 0.848 bits per heavy atom. The molecule has 0 aromatic heterocycles. The zero-order chi connectivity index (χ0) is 25.7. The minimum atomic E-state index is 0.0839. The monoisotopic (exact) mass is 466 g/mol. The summed E-state index contributed by atoms with van der Waals surface area (Å²) in [5, 5.41) is 0. The van der Waals surface area contributed by atoms with E-state index in [1.165, 1.54) is 44.5 Å². The van der Waals surface area contributed by atoms with Crippen LogP contribution in [0.1, 0.15) is 134 Å². The van der Waals surface area contributed by atoms with E-state index in [1.807, 2.05) is 0 Å². The molecular weight excluding hydrogens is 415 g/mol. The van der Waals surface area contributed by atoms with Gasteiger partial charge < -0.3 is 0 Å². The molecule has 0 fully saturated rings. The molecule has 2 aromatic rings. The Bertz CT molecular complexity index is 914. The molecule has 2 aromatic carbocycles. The van der Waals surface area contributed by atoms with Crippen molar-refractivity contribution in [3.63, 3.8) is 0 Å². The highest BCUT2D eigenvalue weighted by Crippen LogP contribution is 2.45. The summed E-state index contributed by atoms with van der Waals surface area (Å²) in [7, 11) is 3.09. The number of hydrogen-bond acceptors (Lipinski definition) is 0. The fraction of sp³-hybridized carbons (Fsp3) is 0.625. The van der Waals surface area contributed by atoms with Crippen molar-refractivity contribution in [1.29, 1.82) is 0 Å². The molecule has 2 rings (SSSR count). The average molecular weight is 467 g/mol. The first-order chi connectivity index (χ1) is 14.7. The van der Waals surface area contributed by atoms with Crippen molar-refractivity contribution >= 4 is 9.24 Å². The van der Waals surface area contributed by atoms with Crippen molar-refractivity contribution < 1.29 is 0 Å². The fourth-order valence-corrected chi connectivity index (χ4v) is 5.48. The minimum absolute atomic E-state index is 0.0839. The maximum atomic E-state index is 3.09. The van der Waals surface area contributed by atoms with E-state index in [9.17, 15) is 0 Å². The third kappa shape index (κ3) is 6.11. The molecular formula is C32H51P. The molecule has 1 heteroatoms. The van der Waals surface area contributed by atoms with E-state index < -0.39 is 0 Å². The van der Waals surface area contributed by atoms with Crippen molar-refractivity contribution in [1.82, 2.24) is 0 Å². The van der Waals surface area contributed by atoms with E-state index in [2.05, 4.69) is 130 Å². The molecule has 1 atom stereocenters. The largest absolute Gasteiger partial charge is 0.137 e. The maximum absolute atomic E-state index is 3.09. The number of rotatable bonds is 3. The summed E-state index contributed by atoms with van der Waals surface area (Å²) >= 11 is 0. The second kappa shape index (κ2) is 9.15. The smallest absolute Gasteiger partial charge is 0.0135 e. The minimum Gasteiger partial charge on any atom is -0.137 e. The van der Waals surface area contributed by atoms with Gasteiger partial charge >= 0.3 is 0 Å². The van der Waals surface area contributed by atoms with Crippen LogP contribution in [0.5, 0.6) is 0 Å². The van der Waals surface area contributed by atoms with Gasteiger partial charge in [-0.3, -0.25) is 0 Å². The summed E-state index contributed by atoms with van der Waals surface area (Å²) in [5.74, 6) is 0.362. The fourth-order valence-electron chi connectivity index (χ4n) is 5.01. The van der Waals surface area contributed by atoms with E-state index >= 15 is 0 Å². The van der Waals surface area contributed by atoms with Gasteiger partial charge in [0.2, 0.25) is 0 Å². The van der Waals surface area contributed by atoms with Crippen LogP contribution in [0, 0.1) is 13.8 Å². The Morgan fingerprint density at radius 3 is 1.06 bits per heavy atom. The van der Waals surface area contributed by atoms with E-state index in [1.54, 1.807) is 0 Å². The Labute approximate surface area is 208 Å². The zero-order valence-electron chi connectivity index (χ0n) is 24.2. The lowest BCUT2D eigenvalue weighted by Gasteiger charge is -2.36. The van der Waals surface area contributed by atoms with Crippen LogP contribution >= 0.6 is 9.24 Å². The van der Waals surface area contributed by atoms with Crippen LogP contribution in [-0.4, -0.2) is 6.16 Å². The van der Waals surface area contributed by atoms with E-state index in [0.717, 1.165) is 6.16 Å². The molecule has 0 aliphatic carbocycles. The maximum Gasteiger partial charge on any atom is 0.0135 e. The van der Waals surface area contributed by atoms with Gasteiger partial charge in [0, 0.05) is 5.92 Å². The summed E-state index contributed by atoms with van der Waals surface area (Å²) in [6, 6.07) is 9.91. The number of benzene rings is 2. The Morgan fingerprint density at radius 1 is 0.545 bits per heavy atom. The first-order valence-corrected chi connectivity index (χ1v) is 13.5. The summed E-state index contributed by atoms with van der Waals surface area (Å²) in [5.41, 5.74) is 12.2. The van der Waals surface area contributed by atoms with Crippen LogP contribution in [0.3, 0.4) is 0 Å². The predicted molar refractivity (Wildman–Crippen MR) is 154 cm³/mol. The number of hydrogen-bond donors (Lipinski definition) is 0. The first-order valence-electron chi connectivity index (χ1n) is 12.7. The summed E-state index contributed by atoms with van der Waals surface area (Å²) in [4.78, 5) is 0. The van der Waals surface area contributed by atoms with Crippen LogP contribution in [-0.2, 0) is 21.7 Å². The third-order valence-electron chi connectivity index (χ3n) is 7.05. The highest BCUT2D eigenvalue weighted by atomic mass is 31.0. The summed E-state index contributed by atoms with van der Waals surface area (Å²) < 4.78 is 0. The van der Waals surface area contributed by atoms with Crippen molar-refractivity contribution in [3.05, 3.63) is 68.8 Å². The van der Waals surface area contributed by atoms with Gasteiger partial charge in [0.1, 0.15) is 0 Å². The normalized spacial score (nSPS) is 13.7. The lowest BCUT2D eigenvalue weighted by Crippen LogP contribution is -2.25. The average Bonchev–Trinajstić information content (AvgIpc) is 2.60. The molecule has 0 aliphatic rings. The van der Waals surface area contributed by atoms with Crippen LogP contribution in [0.25, 0.3) is 0 Å². The predicted octanol–water partition coefficient (Wildman–Crippen LogP) is 9.50. The van der Waals surface area contributed by atoms with E-state index in [4.69, 9.17) is 0 Å². The number of aryl methyl sites for hydroxylation is 2. The quantitative estimate of drug-likeness (QED) is 0.395. The summed E-state index contributed by atoms with van der Waals surface area (Å²) in [6.45, 7) is 32.9. The van der Waals surface area contributed by atoms with Gasteiger partial charge in [0.15, 0.2) is 0 Å². The second-order valence-corrected chi connectivity index (χ2v) is 14.8. The van der Waals surface area contributed by atoms with Crippen LogP contribution in [0.15, 0.2) is 24.3 Å². The molecule has 0 spiro atoms. The molecule has 0 bridgehead atoms. The van der Waals surface area contributed by atoms with Gasteiger partial charge in [0.25, 0.3) is 0 Å². The van der Waals surface area contributed by atoms with Gasteiger partial charge in [0.05, 0.1) is 0 Å². The lowest BCUT2D eigenvalue weighted by molar-refractivity contribution is 0.551. The molecule has 0 saturated carbocycles. The van der Waals surface area contributed by atoms with E-state index in [-0.39, 0.29) is 21.7 Å². The Kier molecular flexibility index (Phi) is 7.79. The second-order valence-electron chi connectivity index (χ2n) is 14.3. The van der Waals surface area contributed by atoms with Crippen molar-refractivity contribution in [3.8, 4) is 0 Å². The van der Waals surface area contributed by atoms with Gasteiger partial charge in [-0.2, -0.15) is 0 Å². The topological polar surface area (TPSA) is 0 Å². The Balaban J connectivity index is 2.97. The molecule has 0 saturated heterocycles. The van der Waals surface area contributed by atoms with Crippen molar-refractivity contribution in [2.75, 3.05) is 6.16 Å². The highest BCUT2D eigenvalue weighted by molar-refractivity contribution is 7.16. The lowest BCUT2D eigenvalue weighted by atomic mass is 9.69. The van der Waals surface area contributed by atoms with Gasteiger partial charge in [-0.05, 0) is 86.2 Å². The molecule has 0 nitrogen and oxygen atoms in total. The SMILES string of the molecule is Cc1cc(C(C)(C)C)cc(C(C)(C)C)c1C(CP)c1c(C)cc(C(C)(C)C)cc1C(C)(C)C.